The Bertz CT molecular complexity index is 1380. The second-order valence-corrected chi connectivity index (χ2v) is 6.94. The summed E-state index contributed by atoms with van der Waals surface area (Å²) in [4.78, 5) is 20.3. The number of hydrogen-bond donors (Lipinski definition) is 0. The molecule has 0 amide bonds. The van der Waals surface area contributed by atoms with Crippen molar-refractivity contribution in [1.29, 1.82) is 0 Å². The molecule has 0 radical (unpaired) electrons. The fourth-order valence-corrected chi connectivity index (χ4v) is 3.27. The average Bonchev–Trinajstić information content (AvgIpc) is 3.15. The molecular weight excluding hydrogens is 480 g/mol. The molecule has 0 saturated carbocycles. The van der Waals surface area contributed by atoms with E-state index in [4.69, 9.17) is 0 Å². The van der Waals surface area contributed by atoms with E-state index in [1.807, 2.05) is 0 Å². The van der Waals surface area contributed by atoms with E-state index in [1.54, 1.807) is 30.3 Å². The van der Waals surface area contributed by atoms with Crippen molar-refractivity contribution in [2.45, 2.75) is 13.0 Å². The molecule has 35 heavy (non-hydrogen) atoms. The van der Waals surface area contributed by atoms with Gasteiger partial charge in [0.05, 0.1) is 5.69 Å². The van der Waals surface area contributed by atoms with E-state index < -0.39 is 30.7 Å². The van der Waals surface area contributed by atoms with Gasteiger partial charge in [-0.25, -0.2) is 4.98 Å². The molecule has 2 aromatic carbocycles. The molecule has 0 aliphatic carbocycles. The number of aliphatic imine (C=N–C) groups is 1. The van der Waals surface area contributed by atoms with E-state index in [9.17, 15) is 31.1 Å². The van der Waals surface area contributed by atoms with Gasteiger partial charge in [-0.2, -0.15) is 13.8 Å². The topological polar surface area (TPSA) is 65.2 Å². The lowest BCUT2D eigenvalue weighted by Gasteiger charge is -2.10. The SMILES string of the molecule is O=C(c1ccccc1)c1ccc2nc(N=C(F)OC(F)F)c(-c3ccc(OC(F)(F)F)cc3)n2c1. The summed E-state index contributed by atoms with van der Waals surface area (Å²) in [7, 11) is 0. The van der Waals surface area contributed by atoms with Gasteiger partial charge in [0.2, 0.25) is 0 Å². The van der Waals surface area contributed by atoms with Gasteiger partial charge >= 0.3 is 19.1 Å². The Hall–Kier alpha value is -4.35. The number of alkyl halides is 5. The number of nitrogens with zero attached hydrogens (tertiary/aromatic N) is 3. The molecule has 0 aliphatic heterocycles. The minimum atomic E-state index is -4.91. The summed E-state index contributed by atoms with van der Waals surface area (Å²) in [6, 6.07) is 15.6. The second kappa shape index (κ2) is 9.49. The zero-order valence-corrected chi connectivity index (χ0v) is 17.3. The van der Waals surface area contributed by atoms with Crippen molar-refractivity contribution in [2.75, 3.05) is 0 Å². The predicted molar refractivity (Wildman–Crippen MR) is 112 cm³/mol. The van der Waals surface area contributed by atoms with E-state index in [0.717, 1.165) is 12.1 Å². The highest BCUT2D eigenvalue weighted by Crippen LogP contribution is 2.34. The standard InChI is InChI=1S/C23H13F6N3O3/c24-21(25)34-22(26)31-20-18(13-6-9-16(10-7-13)35-23(27,28)29)32-12-15(8-11-17(32)30-20)19(33)14-4-2-1-3-5-14/h1-12,21H. The Balaban J connectivity index is 1.84. The third-order valence-electron chi connectivity index (χ3n) is 4.64. The number of hydrogen-bond acceptors (Lipinski definition) is 5. The number of carbonyl (C=O) groups excluding carboxylic acids is 1. The smallest absolute Gasteiger partial charge is 0.406 e. The second-order valence-electron chi connectivity index (χ2n) is 6.94. The van der Waals surface area contributed by atoms with Gasteiger partial charge in [-0.15, -0.1) is 17.6 Å². The first-order valence-corrected chi connectivity index (χ1v) is 9.78. The molecule has 0 fully saturated rings. The van der Waals surface area contributed by atoms with Crippen LogP contribution in [0, 0.1) is 0 Å². The molecule has 0 unspecified atom stereocenters. The Morgan fingerprint density at radius 3 is 2.26 bits per heavy atom. The van der Waals surface area contributed by atoms with E-state index in [2.05, 4.69) is 19.5 Å². The van der Waals surface area contributed by atoms with Crippen LogP contribution in [0.25, 0.3) is 16.9 Å². The van der Waals surface area contributed by atoms with E-state index in [0.29, 0.717) is 5.56 Å². The average molecular weight is 493 g/mol. The predicted octanol–water partition coefficient (Wildman–Crippen LogP) is 6.33. The third-order valence-corrected chi connectivity index (χ3v) is 4.64. The summed E-state index contributed by atoms with van der Waals surface area (Å²) in [5.74, 6) is -1.28. The van der Waals surface area contributed by atoms with Crippen molar-refractivity contribution in [3.8, 4) is 17.0 Å². The molecule has 6 nitrogen and oxygen atoms in total. The minimum Gasteiger partial charge on any atom is -0.406 e. The molecule has 4 aromatic rings. The Morgan fingerprint density at radius 2 is 1.63 bits per heavy atom. The zero-order chi connectivity index (χ0) is 25.2. The van der Waals surface area contributed by atoms with Gasteiger partial charge in [-0.1, -0.05) is 30.3 Å². The van der Waals surface area contributed by atoms with Gasteiger partial charge < -0.3 is 9.47 Å². The summed E-state index contributed by atoms with van der Waals surface area (Å²) >= 11 is 0. The molecule has 0 aliphatic rings. The van der Waals surface area contributed by atoms with Gasteiger partial charge in [0, 0.05) is 22.9 Å². The number of ether oxygens (including phenoxy) is 2. The molecule has 4 rings (SSSR count). The molecule has 0 spiro atoms. The van der Waals surface area contributed by atoms with Crippen molar-refractivity contribution < 1.29 is 40.6 Å². The summed E-state index contributed by atoms with van der Waals surface area (Å²) < 4.78 is 84.9. The molecule has 0 atom stereocenters. The highest BCUT2D eigenvalue weighted by atomic mass is 19.4. The van der Waals surface area contributed by atoms with Crippen molar-refractivity contribution >= 4 is 23.4 Å². The molecule has 2 heterocycles. The molecule has 0 N–H and O–H groups in total. The number of pyridine rings is 1. The number of ketones is 1. The molecule has 180 valence electrons. The van der Waals surface area contributed by atoms with Crippen molar-refractivity contribution in [3.63, 3.8) is 0 Å². The van der Waals surface area contributed by atoms with Crippen LogP contribution in [0.5, 0.6) is 5.75 Å². The van der Waals surface area contributed by atoms with Crippen LogP contribution < -0.4 is 4.74 Å². The normalized spacial score (nSPS) is 12.3. The van der Waals surface area contributed by atoms with Gasteiger partial charge in [0.25, 0.3) is 0 Å². The van der Waals surface area contributed by atoms with Crippen LogP contribution in [-0.4, -0.2) is 34.3 Å². The van der Waals surface area contributed by atoms with Gasteiger partial charge in [0.1, 0.15) is 11.4 Å². The first-order chi connectivity index (χ1) is 16.6. The highest BCUT2D eigenvalue weighted by molar-refractivity contribution is 6.09. The summed E-state index contributed by atoms with van der Waals surface area (Å²) in [5, 5.41) is 0. The number of rotatable bonds is 6. The van der Waals surface area contributed by atoms with Crippen LogP contribution in [0.15, 0.2) is 77.9 Å². The van der Waals surface area contributed by atoms with Crippen molar-refractivity contribution in [3.05, 3.63) is 84.1 Å². The zero-order valence-electron chi connectivity index (χ0n) is 17.3. The first kappa shape index (κ1) is 23.8. The van der Waals surface area contributed by atoms with E-state index >= 15 is 0 Å². The van der Waals surface area contributed by atoms with E-state index in [-0.39, 0.29) is 28.3 Å². The number of fused-ring (bicyclic) bond motifs is 1. The highest BCUT2D eigenvalue weighted by Gasteiger charge is 2.31. The number of imidazole rings is 1. The van der Waals surface area contributed by atoms with E-state index in [1.165, 1.54) is 34.9 Å². The number of benzene rings is 2. The maximum absolute atomic E-state index is 13.8. The summed E-state index contributed by atoms with van der Waals surface area (Å²) in [6.07, 6.45) is -5.41. The third kappa shape index (κ3) is 5.60. The minimum absolute atomic E-state index is 0.00860. The number of aromatic nitrogens is 2. The Kier molecular flexibility index (Phi) is 6.45. The molecule has 0 bridgehead atoms. The monoisotopic (exact) mass is 493 g/mol. The number of halogens is 6. The number of carbonyl (C=O) groups is 1. The summed E-state index contributed by atoms with van der Waals surface area (Å²) in [5.41, 5.74) is 0.939. The quantitative estimate of drug-likeness (QED) is 0.136. The Labute approximate surface area is 193 Å². The first-order valence-electron chi connectivity index (χ1n) is 9.78. The molecule has 2 aromatic heterocycles. The Morgan fingerprint density at radius 1 is 0.943 bits per heavy atom. The van der Waals surface area contributed by atoms with Crippen molar-refractivity contribution in [1.82, 2.24) is 9.38 Å². The van der Waals surface area contributed by atoms with Gasteiger partial charge in [-0.05, 0) is 36.4 Å². The van der Waals surface area contributed by atoms with Crippen LogP contribution in [0.4, 0.5) is 32.2 Å². The molecule has 12 heteroatoms. The largest absolute Gasteiger partial charge is 0.573 e. The maximum Gasteiger partial charge on any atom is 0.573 e. The molecular formula is C23H13F6N3O3. The molecule has 0 saturated heterocycles. The fraction of sp³-hybridized carbons (Fsp3) is 0.0870. The van der Waals surface area contributed by atoms with Gasteiger partial charge in [-0.3, -0.25) is 9.20 Å². The lowest BCUT2D eigenvalue weighted by atomic mass is 10.1. The van der Waals surface area contributed by atoms with Crippen LogP contribution in [0.2, 0.25) is 0 Å². The fourth-order valence-electron chi connectivity index (χ4n) is 3.27. The van der Waals surface area contributed by atoms with Crippen LogP contribution in [0.3, 0.4) is 0 Å². The van der Waals surface area contributed by atoms with Crippen LogP contribution in [0.1, 0.15) is 15.9 Å². The lowest BCUT2D eigenvalue weighted by Crippen LogP contribution is -2.16. The lowest BCUT2D eigenvalue weighted by molar-refractivity contribution is -0.274. The maximum atomic E-state index is 13.8. The van der Waals surface area contributed by atoms with Crippen LogP contribution >= 0.6 is 0 Å². The van der Waals surface area contributed by atoms with Crippen molar-refractivity contribution in [2.24, 2.45) is 4.99 Å². The van der Waals surface area contributed by atoms with Crippen LogP contribution in [-0.2, 0) is 4.74 Å². The van der Waals surface area contributed by atoms with Gasteiger partial charge in [0.15, 0.2) is 11.6 Å². The summed E-state index contributed by atoms with van der Waals surface area (Å²) in [6.45, 7) is -3.48.